The summed E-state index contributed by atoms with van der Waals surface area (Å²) in [5.74, 6) is -0.175. The summed E-state index contributed by atoms with van der Waals surface area (Å²) in [5.41, 5.74) is 0.411. The van der Waals surface area contributed by atoms with Gasteiger partial charge in [0.1, 0.15) is 6.54 Å². The lowest BCUT2D eigenvalue weighted by atomic mass is 10.1. The lowest BCUT2D eigenvalue weighted by molar-refractivity contribution is -0.124. The third-order valence-corrected chi connectivity index (χ3v) is 3.86. The van der Waals surface area contributed by atoms with Crippen LogP contribution in [0.1, 0.15) is 6.92 Å². The van der Waals surface area contributed by atoms with Crippen molar-refractivity contribution in [2.45, 2.75) is 13.0 Å². The molecule has 120 valence electrons. The van der Waals surface area contributed by atoms with Crippen molar-refractivity contribution in [3.05, 3.63) is 40.8 Å². The van der Waals surface area contributed by atoms with Gasteiger partial charge in [-0.25, -0.2) is 4.79 Å². The Morgan fingerprint density at radius 3 is 2.83 bits per heavy atom. The number of urea groups is 1. The van der Waals surface area contributed by atoms with Crippen molar-refractivity contribution in [2.75, 3.05) is 18.4 Å². The number of piperazine rings is 1. The van der Waals surface area contributed by atoms with Gasteiger partial charge in [0.25, 0.3) is 5.56 Å². The summed E-state index contributed by atoms with van der Waals surface area (Å²) in [5, 5.41) is 6.87. The van der Waals surface area contributed by atoms with Gasteiger partial charge in [-0.2, -0.15) is 0 Å². The molecule has 1 fully saturated rings. The van der Waals surface area contributed by atoms with Gasteiger partial charge in [0.15, 0.2) is 0 Å². The summed E-state index contributed by atoms with van der Waals surface area (Å²) in [6.45, 7) is 2.33. The summed E-state index contributed by atoms with van der Waals surface area (Å²) in [6.07, 6.45) is 1.71. The molecular weight excluding hydrogens is 296 g/mol. The third kappa shape index (κ3) is 3.03. The van der Waals surface area contributed by atoms with E-state index in [0.29, 0.717) is 17.6 Å². The maximum absolute atomic E-state index is 12.3. The Kier molecular flexibility index (Phi) is 3.77. The molecular formula is C16H18N4O3. The summed E-state index contributed by atoms with van der Waals surface area (Å²) < 4.78 is 1.49. The van der Waals surface area contributed by atoms with Crippen LogP contribution in [0, 0.1) is 0 Å². The van der Waals surface area contributed by atoms with Gasteiger partial charge in [0.2, 0.25) is 5.91 Å². The van der Waals surface area contributed by atoms with Gasteiger partial charge in [0.05, 0.1) is 0 Å². The Hall–Kier alpha value is -2.83. The van der Waals surface area contributed by atoms with Gasteiger partial charge in [-0.15, -0.1) is 0 Å². The first kappa shape index (κ1) is 15.1. The lowest BCUT2D eigenvalue weighted by Crippen LogP contribution is -2.55. The molecule has 3 rings (SSSR count). The van der Waals surface area contributed by atoms with Crippen LogP contribution >= 0.6 is 0 Å². The van der Waals surface area contributed by atoms with Crippen LogP contribution in [0.3, 0.4) is 0 Å². The minimum absolute atomic E-state index is 0.0333. The fourth-order valence-electron chi connectivity index (χ4n) is 2.71. The van der Waals surface area contributed by atoms with Gasteiger partial charge in [-0.1, -0.05) is 6.07 Å². The largest absolute Gasteiger partial charge is 0.350 e. The molecule has 2 heterocycles. The maximum atomic E-state index is 12.3. The van der Waals surface area contributed by atoms with Gasteiger partial charge < -0.3 is 20.1 Å². The first-order valence-corrected chi connectivity index (χ1v) is 7.39. The predicted molar refractivity (Wildman–Crippen MR) is 87.4 cm³/mol. The molecule has 1 atom stereocenters. The van der Waals surface area contributed by atoms with E-state index in [1.54, 1.807) is 31.4 Å². The van der Waals surface area contributed by atoms with E-state index in [0.717, 1.165) is 5.39 Å². The highest BCUT2D eigenvalue weighted by molar-refractivity contribution is 5.95. The van der Waals surface area contributed by atoms with Crippen LogP contribution in [0.15, 0.2) is 35.3 Å². The lowest BCUT2D eigenvalue weighted by Gasteiger charge is -2.31. The van der Waals surface area contributed by atoms with Crippen molar-refractivity contribution in [2.24, 2.45) is 7.05 Å². The highest BCUT2D eigenvalue weighted by Crippen LogP contribution is 2.16. The second-order valence-electron chi connectivity index (χ2n) is 5.81. The van der Waals surface area contributed by atoms with Crippen LogP contribution in [-0.2, 0) is 11.8 Å². The van der Waals surface area contributed by atoms with Gasteiger partial charge in [0, 0.05) is 36.9 Å². The molecule has 0 bridgehead atoms. The average Bonchev–Trinajstić information content (AvgIpc) is 2.50. The number of carbonyl (C=O) groups is 2. The van der Waals surface area contributed by atoms with Crippen molar-refractivity contribution >= 4 is 28.4 Å². The molecule has 0 spiro atoms. The van der Waals surface area contributed by atoms with E-state index in [2.05, 4.69) is 10.6 Å². The third-order valence-electron chi connectivity index (χ3n) is 3.86. The predicted octanol–water partition coefficient (Wildman–Crippen LogP) is 0.891. The molecule has 1 aliphatic heterocycles. The first-order chi connectivity index (χ1) is 10.9. The van der Waals surface area contributed by atoms with Crippen molar-refractivity contribution in [3.8, 4) is 0 Å². The molecule has 7 heteroatoms. The Balaban J connectivity index is 1.84. The van der Waals surface area contributed by atoms with Crippen LogP contribution in [0.25, 0.3) is 10.8 Å². The van der Waals surface area contributed by atoms with Gasteiger partial charge in [-0.05, 0) is 30.5 Å². The number of aromatic nitrogens is 1. The number of pyridine rings is 1. The molecule has 2 aromatic rings. The van der Waals surface area contributed by atoms with E-state index in [9.17, 15) is 14.4 Å². The number of anilines is 1. The number of carbonyl (C=O) groups excluding carboxylic acids is 2. The number of rotatable bonds is 1. The second-order valence-corrected chi connectivity index (χ2v) is 5.81. The number of hydrogen-bond acceptors (Lipinski definition) is 3. The summed E-state index contributed by atoms with van der Waals surface area (Å²) in [7, 11) is 1.68. The smallest absolute Gasteiger partial charge is 0.322 e. The van der Waals surface area contributed by atoms with E-state index in [4.69, 9.17) is 0 Å². The second kappa shape index (κ2) is 5.75. The van der Waals surface area contributed by atoms with Crippen LogP contribution in [0.2, 0.25) is 0 Å². The number of benzene rings is 1. The summed E-state index contributed by atoms with van der Waals surface area (Å²) >= 11 is 0. The Morgan fingerprint density at radius 1 is 1.30 bits per heavy atom. The van der Waals surface area contributed by atoms with Crippen LogP contribution in [0.4, 0.5) is 10.5 Å². The molecule has 0 radical (unpaired) electrons. The zero-order valence-corrected chi connectivity index (χ0v) is 13.0. The number of nitrogens with one attached hydrogen (secondary N) is 2. The zero-order valence-electron chi connectivity index (χ0n) is 13.0. The van der Waals surface area contributed by atoms with E-state index >= 15 is 0 Å². The Labute approximate surface area is 132 Å². The molecule has 7 nitrogen and oxygen atoms in total. The number of amides is 3. The van der Waals surface area contributed by atoms with Crippen LogP contribution < -0.4 is 16.2 Å². The molecule has 1 unspecified atom stereocenters. The molecule has 0 saturated carbocycles. The minimum atomic E-state index is -0.348. The minimum Gasteiger partial charge on any atom is -0.350 e. The number of hydrogen-bond donors (Lipinski definition) is 2. The van der Waals surface area contributed by atoms with Gasteiger partial charge in [-0.3, -0.25) is 9.59 Å². The highest BCUT2D eigenvalue weighted by Gasteiger charge is 2.25. The number of aryl methyl sites for hydroxylation is 1. The SMILES string of the molecule is CC1CN(C(=O)Nc2ccc3ccn(C)c(=O)c3c2)CC(=O)N1. The van der Waals surface area contributed by atoms with E-state index in [-0.39, 0.29) is 30.1 Å². The summed E-state index contributed by atoms with van der Waals surface area (Å²) in [6, 6.07) is 6.61. The topological polar surface area (TPSA) is 83.4 Å². The quantitative estimate of drug-likeness (QED) is 0.820. The van der Waals surface area contributed by atoms with Crippen molar-refractivity contribution in [1.82, 2.24) is 14.8 Å². The van der Waals surface area contributed by atoms with E-state index in [1.165, 1.54) is 9.47 Å². The zero-order chi connectivity index (χ0) is 16.6. The van der Waals surface area contributed by atoms with Crippen LogP contribution in [0.5, 0.6) is 0 Å². The molecule has 0 aliphatic carbocycles. The fraction of sp³-hybridized carbons (Fsp3) is 0.312. The number of nitrogens with zero attached hydrogens (tertiary/aromatic N) is 2. The van der Waals surface area contributed by atoms with Crippen molar-refractivity contribution in [3.63, 3.8) is 0 Å². The molecule has 2 N–H and O–H groups in total. The average molecular weight is 314 g/mol. The standard InChI is InChI=1S/C16H18N4O3/c1-10-8-20(9-14(21)17-10)16(23)18-12-4-3-11-5-6-19(2)15(22)13(11)7-12/h3-7,10H,8-9H2,1-2H3,(H,17,21)(H,18,23). The molecule has 1 aromatic carbocycles. The molecule has 3 amide bonds. The molecule has 23 heavy (non-hydrogen) atoms. The molecule has 1 aromatic heterocycles. The first-order valence-electron chi connectivity index (χ1n) is 7.39. The normalized spacial score (nSPS) is 17.9. The maximum Gasteiger partial charge on any atom is 0.322 e. The van der Waals surface area contributed by atoms with Crippen molar-refractivity contribution < 1.29 is 9.59 Å². The van der Waals surface area contributed by atoms with E-state index < -0.39 is 0 Å². The van der Waals surface area contributed by atoms with Crippen molar-refractivity contribution in [1.29, 1.82) is 0 Å². The number of fused-ring (bicyclic) bond motifs is 1. The molecule has 1 saturated heterocycles. The highest BCUT2D eigenvalue weighted by atomic mass is 16.2. The molecule has 1 aliphatic rings. The van der Waals surface area contributed by atoms with Gasteiger partial charge >= 0.3 is 6.03 Å². The summed E-state index contributed by atoms with van der Waals surface area (Å²) in [4.78, 5) is 37.4. The fourth-order valence-corrected chi connectivity index (χ4v) is 2.71. The monoisotopic (exact) mass is 314 g/mol. The van der Waals surface area contributed by atoms with Crippen LogP contribution in [-0.4, -0.2) is 40.5 Å². The Morgan fingerprint density at radius 2 is 2.09 bits per heavy atom. The Bertz CT molecular complexity index is 843. The van der Waals surface area contributed by atoms with E-state index in [1.807, 2.05) is 13.0 Å².